The molecule has 96 valence electrons. The molecule has 0 amide bonds. The van der Waals surface area contributed by atoms with Crippen molar-refractivity contribution in [1.29, 1.82) is 0 Å². The number of nitrogens with one attached hydrogen (secondary N) is 1. The minimum Gasteiger partial charge on any atom is -0.314 e. The van der Waals surface area contributed by atoms with Crippen LogP contribution in [0.2, 0.25) is 0 Å². The first-order valence-corrected chi connectivity index (χ1v) is 7.08. The van der Waals surface area contributed by atoms with E-state index in [9.17, 15) is 0 Å². The van der Waals surface area contributed by atoms with E-state index in [0.717, 1.165) is 13.0 Å². The lowest BCUT2D eigenvalue weighted by molar-refractivity contribution is 0.450. The Bertz CT molecular complexity index is 163. The molecule has 16 heavy (non-hydrogen) atoms. The molecule has 0 spiro atoms. The molecule has 0 bridgehead atoms. The molecule has 1 atom stereocenters. The summed E-state index contributed by atoms with van der Waals surface area (Å²) < 4.78 is 0. The molecule has 0 fully saturated rings. The van der Waals surface area contributed by atoms with Gasteiger partial charge in [-0.05, 0) is 32.7 Å². The van der Waals surface area contributed by atoms with Crippen LogP contribution in [0.25, 0.3) is 0 Å². The summed E-state index contributed by atoms with van der Waals surface area (Å²) in [5.41, 5.74) is 1.31. The zero-order chi connectivity index (χ0) is 12.2. The Morgan fingerprint density at radius 1 is 1.06 bits per heavy atom. The van der Waals surface area contributed by atoms with Gasteiger partial charge in [0.05, 0.1) is 0 Å². The van der Waals surface area contributed by atoms with Crippen LogP contribution < -0.4 is 5.32 Å². The summed E-state index contributed by atoms with van der Waals surface area (Å²) in [6.07, 6.45) is 10.6. The van der Waals surface area contributed by atoms with Gasteiger partial charge in [-0.15, -0.1) is 6.58 Å². The molecule has 0 radical (unpaired) electrons. The Kier molecular flexibility index (Phi) is 11.0. The van der Waals surface area contributed by atoms with E-state index < -0.39 is 0 Å². The molecule has 0 aromatic heterocycles. The summed E-state index contributed by atoms with van der Waals surface area (Å²) in [5.74, 6) is 0. The van der Waals surface area contributed by atoms with Gasteiger partial charge in [-0.1, -0.05) is 51.5 Å². The third-order valence-corrected chi connectivity index (χ3v) is 2.93. The van der Waals surface area contributed by atoms with E-state index in [1.807, 2.05) is 0 Å². The van der Waals surface area contributed by atoms with Crippen molar-refractivity contribution in [2.24, 2.45) is 0 Å². The second-order valence-corrected chi connectivity index (χ2v) is 5.02. The monoisotopic (exact) mass is 225 g/mol. The highest BCUT2D eigenvalue weighted by atomic mass is 14.9. The van der Waals surface area contributed by atoms with Crippen LogP contribution in [-0.4, -0.2) is 12.6 Å². The minimum atomic E-state index is 0.666. The molecule has 0 aliphatic heterocycles. The molecule has 1 heteroatoms. The van der Waals surface area contributed by atoms with Crippen molar-refractivity contribution in [3.63, 3.8) is 0 Å². The maximum Gasteiger partial charge on any atom is 0.0104 e. The van der Waals surface area contributed by atoms with Crippen LogP contribution in [0.15, 0.2) is 12.2 Å². The standard InChI is InChI=1S/C15H31N/c1-5-7-8-9-10-11-15(13-14(3)4)16-12-6-2/h15-16H,3,5-13H2,1-2,4H3. The van der Waals surface area contributed by atoms with E-state index in [1.165, 1.54) is 50.5 Å². The number of unbranched alkanes of at least 4 members (excludes halogenated alkanes) is 4. The first-order valence-electron chi connectivity index (χ1n) is 7.08. The topological polar surface area (TPSA) is 12.0 Å². The van der Waals surface area contributed by atoms with Gasteiger partial charge in [0.1, 0.15) is 0 Å². The summed E-state index contributed by atoms with van der Waals surface area (Å²) in [6.45, 7) is 11.8. The SMILES string of the molecule is C=C(C)CC(CCCCCCC)NCCC. The average molecular weight is 225 g/mol. The normalized spacial score (nSPS) is 12.7. The molecule has 0 heterocycles. The fourth-order valence-electron chi connectivity index (χ4n) is 2.04. The highest BCUT2D eigenvalue weighted by Crippen LogP contribution is 2.12. The third-order valence-electron chi connectivity index (χ3n) is 2.93. The van der Waals surface area contributed by atoms with Gasteiger partial charge >= 0.3 is 0 Å². The highest BCUT2D eigenvalue weighted by Gasteiger charge is 2.06. The Labute approximate surface area is 103 Å². The molecular weight excluding hydrogens is 194 g/mol. The van der Waals surface area contributed by atoms with Crippen molar-refractivity contribution in [2.75, 3.05) is 6.54 Å². The predicted octanol–water partition coefficient (Wildman–Crippen LogP) is 4.68. The highest BCUT2D eigenvalue weighted by molar-refractivity contribution is 4.92. The van der Waals surface area contributed by atoms with Crippen molar-refractivity contribution in [3.8, 4) is 0 Å². The van der Waals surface area contributed by atoms with Crippen LogP contribution in [0.3, 0.4) is 0 Å². The first kappa shape index (κ1) is 15.7. The van der Waals surface area contributed by atoms with Crippen LogP contribution in [-0.2, 0) is 0 Å². The third kappa shape index (κ3) is 10.2. The zero-order valence-electron chi connectivity index (χ0n) is 11.6. The molecular formula is C15H31N. The zero-order valence-corrected chi connectivity index (χ0v) is 11.6. The van der Waals surface area contributed by atoms with Gasteiger partial charge in [0.2, 0.25) is 0 Å². The fraction of sp³-hybridized carbons (Fsp3) is 0.867. The Hall–Kier alpha value is -0.300. The van der Waals surface area contributed by atoms with E-state index in [2.05, 4.69) is 32.7 Å². The van der Waals surface area contributed by atoms with Crippen LogP contribution >= 0.6 is 0 Å². The van der Waals surface area contributed by atoms with Crippen molar-refractivity contribution in [3.05, 3.63) is 12.2 Å². The van der Waals surface area contributed by atoms with Gasteiger partial charge in [0.25, 0.3) is 0 Å². The summed E-state index contributed by atoms with van der Waals surface area (Å²) >= 11 is 0. The Morgan fingerprint density at radius 3 is 2.31 bits per heavy atom. The van der Waals surface area contributed by atoms with E-state index in [1.54, 1.807) is 0 Å². The fourth-order valence-corrected chi connectivity index (χ4v) is 2.04. The predicted molar refractivity (Wildman–Crippen MR) is 74.9 cm³/mol. The maximum atomic E-state index is 4.02. The first-order chi connectivity index (χ1) is 7.70. The molecule has 0 aliphatic carbocycles. The van der Waals surface area contributed by atoms with Gasteiger partial charge < -0.3 is 5.32 Å². The lowest BCUT2D eigenvalue weighted by Crippen LogP contribution is -2.29. The van der Waals surface area contributed by atoms with Crippen LogP contribution in [0, 0.1) is 0 Å². The van der Waals surface area contributed by atoms with Gasteiger partial charge in [0, 0.05) is 6.04 Å². The van der Waals surface area contributed by atoms with Crippen LogP contribution in [0.4, 0.5) is 0 Å². The van der Waals surface area contributed by atoms with Gasteiger partial charge in [0.15, 0.2) is 0 Å². The molecule has 1 N–H and O–H groups in total. The van der Waals surface area contributed by atoms with E-state index in [4.69, 9.17) is 0 Å². The van der Waals surface area contributed by atoms with Gasteiger partial charge in [-0.3, -0.25) is 0 Å². The second-order valence-electron chi connectivity index (χ2n) is 5.02. The quantitative estimate of drug-likeness (QED) is 0.397. The lowest BCUT2D eigenvalue weighted by Gasteiger charge is -2.18. The molecule has 0 aromatic carbocycles. The van der Waals surface area contributed by atoms with Crippen LogP contribution in [0.5, 0.6) is 0 Å². The van der Waals surface area contributed by atoms with Crippen molar-refractivity contribution < 1.29 is 0 Å². The smallest absolute Gasteiger partial charge is 0.0104 e. The maximum absolute atomic E-state index is 4.02. The van der Waals surface area contributed by atoms with Crippen LogP contribution in [0.1, 0.15) is 72.1 Å². The number of hydrogen-bond donors (Lipinski definition) is 1. The molecule has 0 saturated heterocycles. The molecule has 0 rings (SSSR count). The van der Waals surface area contributed by atoms with E-state index in [-0.39, 0.29) is 0 Å². The molecule has 0 aliphatic rings. The summed E-state index contributed by atoms with van der Waals surface area (Å²) in [4.78, 5) is 0. The summed E-state index contributed by atoms with van der Waals surface area (Å²) in [6, 6.07) is 0.666. The number of hydrogen-bond acceptors (Lipinski definition) is 1. The van der Waals surface area contributed by atoms with E-state index >= 15 is 0 Å². The van der Waals surface area contributed by atoms with Gasteiger partial charge in [-0.25, -0.2) is 0 Å². The van der Waals surface area contributed by atoms with Crippen molar-refractivity contribution >= 4 is 0 Å². The Morgan fingerprint density at radius 2 is 1.75 bits per heavy atom. The van der Waals surface area contributed by atoms with Crippen molar-refractivity contribution in [1.82, 2.24) is 5.32 Å². The summed E-state index contributed by atoms with van der Waals surface area (Å²) in [7, 11) is 0. The van der Waals surface area contributed by atoms with Crippen molar-refractivity contribution in [2.45, 2.75) is 78.2 Å². The molecule has 1 nitrogen and oxygen atoms in total. The molecule has 0 saturated carbocycles. The molecule has 0 aromatic rings. The molecule has 1 unspecified atom stereocenters. The minimum absolute atomic E-state index is 0.666. The van der Waals surface area contributed by atoms with E-state index in [0.29, 0.717) is 6.04 Å². The average Bonchev–Trinajstić information content (AvgIpc) is 2.24. The second kappa shape index (κ2) is 11.2. The lowest BCUT2D eigenvalue weighted by atomic mass is 10.0. The Balaban J connectivity index is 3.60. The summed E-state index contributed by atoms with van der Waals surface area (Å²) in [5, 5.41) is 3.63. The largest absolute Gasteiger partial charge is 0.314 e. The van der Waals surface area contributed by atoms with Gasteiger partial charge in [-0.2, -0.15) is 0 Å². The number of rotatable bonds is 11.